The molecule has 25 heavy (non-hydrogen) atoms. The summed E-state index contributed by atoms with van der Waals surface area (Å²) in [5.74, 6) is 3.25. The minimum atomic E-state index is -0.143. The van der Waals surface area contributed by atoms with Crippen LogP contribution in [-0.4, -0.2) is 35.5 Å². The fourth-order valence-electron chi connectivity index (χ4n) is 3.43. The third-order valence-corrected chi connectivity index (χ3v) is 4.94. The van der Waals surface area contributed by atoms with Gasteiger partial charge in [-0.2, -0.15) is 0 Å². The van der Waals surface area contributed by atoms with E-state index in [4.69, 9.17) is 9.40 Å². The van der Waals surface area contributed by atoms with E-state index in [2.05, 4.69) is 21.3 Å². The van der Waals surface area contributed by atoms with Crippen LogP contribution in [0.3, 0.4) is 0 Å². The summed E-state index contributed by atoms with van der Waals surface area (Å²) in [7, 11) is 0. The van der Waals surface area contributed by atoms with E-state index >= 15 is 0 Å². The first-order chi connectivity index (χ1) is 12.2. The van der Waals surface area contributed by atoms with Crippen LogP contribution in [0.25, 0.3) is 0 Å². The minimum Gasteiger partial charge on any atom is -0.459 e. The van der Waals surface area contributed by atoms with Gasteiger partial charge in [0.05, 0.1) is 6.26 Å². The van der Waals surface area contributed by atoms with Crippen molar-refractivity contribution in [3.8, 4) is 0 Å². The maximum Gasteiger partial charge on any atom is 0.286 e. The van der Waals surface area contributed by atoms with Crippen LogP contribution < -0.4 is 10.2 Å². The monoisotopic (exact) mass is 340 g/mol. The van der Waals surface area contributed by atoms with Gasteiger partial charge >= 0.3 is 0 Å². The number of rotatable bonds is 5. The first kappa shape index (κ1) is 16.1. The molecule has 1 saturated heterocycles. The molecule has 0 bridgehead atoms. The van der Waals surface area contributed by atoms with Crippen LogP contribution in [-0.2, 0) is 0 Å². The smallest absolute Gasteiger partial charge is 0.286 e. The molecule has 2 aromatic rings. The summed E-state index contributed by atoms with van der Waals surface area (Å²) < 4.78 is 5.14. The fourth-order valence-corrected chi connectivity index (χ4v) is 3.43. The Morgan fingerprint density at radius 1 is 1.36 bits per heavy atom. The van der Waals surface area contributed by atoms with E-state index in [1.165, 1.54) is 19.1 Å². The zero-order chi connectivity index (χ0) is 17.2. The maximum absolute atomic E-state index is 12.0. The molecular weight excluding hydrogens is 316 g/mol. The van der Waals surface area contributed by atoms with Crippen LogP contribution in [0.4, 0.5) is 5.82 Å². The van der Waals surface area contributed by atoms with Gasteiger partial charge in [-0.15, -0.1) is 0 Å². The Bertz CT molecular complexity index is 740. The lowest BCUT2D eigenvalue weighted by molar-refractivity contribution is 0.0918. The zero-order valence-corrected chi connectivity index (χ0v) is 14.6. The minimum absolute atomic E-state index is 0.143. The Balaban J connectivity index is 1.38. The van der Waals surface area contributed by atoms with Gasteiger partial charge in [-0.05, 0) is 50.7 Å². The van der Waals surface area contributed by atoms with Crippen LogP contribution in [0.5, 0.6) is 0 Å². The number of hydrogen-bond acceptors (Lipinski definition) is 5. The van der Waals surface area contributed by atoms with Gasteiger partial charge in [0, 0.05) is 37.3 Å². The Hall–Kier alpha value is -2.37. The Kier molecular flexibility index (Phi) is 4.42. The van der Waals surface area contributed by atoms with Crippen molar-refractivity contribution in [3.63, 3.8) is 0 Å². The van der Waals surface area contributed by atoms with Crippen molar-refractivity contribution in [2.75, 3.05) is 24.5 Å². The highest BCUT2D eigenvalue weighted by molar-refractivity contribution is 5.91. The number of nitrogens with zero attached hydrogens (tertiary/aromatic N) is 3. The predicted octanol–water partition coefficient (Wildman–Crippen LogP) is 2.90. The standard InChI is InChI=1S/C19H24N4O2/c1-13-10-17(22-18(21-13)15-6-7-15)23-8-2-4-14(12-23)11-20-19(24)16-5-3-9-25-16/h3,5,9-10,14-15H,2,4,6-8,11-12H2,1H3,(H,20,24). The van der Waals surface area contributed by atoms with Gasteiger partial charge in [0.1, 0.15) is 11.6 Å². The highest BCUT2D eigenvalue weighted by Gasteiger charge is 2.28. The largest absolute Gasteiger partial charge is 0.459 e. The Morgan fingerprint density at radius 2 is 2.24 bits per heavy atom. The summed E-state index contributed by atoms with van der Waals surface area (Å²) >= 11 is 0. The zero-order valence-electron chi connectivity index (χ0n) is 14.6. The van der Waals surface area contributed by atoms with Crippen molar-refractivity contribution in [2.45, 2.75) is 38.5 Å². The number of nitrogens with one attached hydrogen (secondary N) is 1. The molecule has 0 aromatic carbocycles. The molecule has 4 rings (SSSR count). The summed E-state index contributed by atoms with van der Waals surface area (Å²) in [6.07, 6.45) is 6.18. The SMILES string of the molecule is Cc1cc(N2CCCC(CNC(=O)c3ccco3)C2)nc(C2CC2)n1. The Labute approximate surface area is 147 Å². The molecule has 1 unspecified atom stereocenters. The summed E-state index contributed by atoms with van der Waals surface area (Å²) in [5.41, 5.74) is 1.04. The molecule has 1 amide bonds. The highest BCUT2D eigenvalue weighted by atomic mass is 16.3. The molecule has 1 saturated carbocycles. The molecule has 1 aliphatic heterocycles. The number of hydrogen-bond donors (Lipinski definition) is 1. The molecule has 3 heterocycles. The van der Waals surface area contributed by atoms with E-state index < -0.39 is 0 Å². The van der Waals surface area contributed by atoms with Gasteiger partial charge in [0.25, 0.3) is 5.91 Å². The first-order valence-electron chi connectivity index (χ1n) is 9.11. The van der Waals surface area contributed by atoms with Crippen LogP contribution in [0.15, 0.2) is 28.9 Å². The number of carbonyl (C=O) groups is 1. The second-order valence-electron chi connectivity index (χ2n) is 7.14. The quantitative estimate of drug-likeness (QED) is 0.906. The lowest BCUT2D eigenvalue weighted by Gasteiger charge is -2.34. The molecular formula is C19H24N4O2. The van der Waals surface area contributed by atoms with E-state index in [1.54, 1.807) is 12.1 Å². The summed E-state index contributed by atoms with van der Waals surface area (Å²) in [5, 5.41) is 2.99. The van der Waals surface area contributed by atoms with Crippen molar-refractivity contribution in [3.05, 3.63) is 41.7 Å². The molecule has 0 radical (unpaired) electrons. The molecule has 132 valence electrons. The highest BCUT2D eigenvalue weighted by Crippen LogP contribution is 2.38. The molecule has 1 N–H and O–H groups in total. The summed E-state index contributed by atoms with van der Waals surface area (Å²) in [6, 6.07) is 5.49. The van der Waals surface area contributed by atoms with Crippen LogP contribution >= 0.6 is 0 Å². The van der Waals surface area contributed by atoms with E-state index in [-0.39, 0.29) is 5.91 Å². The molecule has 0 spiro atoms. The van der Waals surface area contributed by atoms with Gasteiger partial charge < -0.3 is 14.6 Å². The normalized spacial score (nSPS) is 20.5. The molecule has 6 heteroatoms. The van der Waals surface area contributed by atoms with E-state index in [1.807, 2.05) is 6.92 Å². The van der Waals surface area contributed by atoms with Crippen LogP contribution in [0.2, 0.25) is 0 Å². The number of anilines is 1. The fraction of sp³-hybridized carbons (Fsp3) is 0.526. The molecule has 2 fully saturated rings. The van der Waals surface area contributed by atoms with Crippen LogP contribution in [0, 0.1) is 12.8 Å². The van der Waals surface area contributed by atoms with Gasteiger partial charge in [-0.25, -0.2) is 9.97 Å². The maximum atomic E-state index is 12.0. The van der Waals surface area contributed by atoms with Crippen molar-refractivity contribution in [1.29, 1.82) is 0 Å². The number of aromatic nitrogens is 2. The topological polar surface area (TPSA) is 71.3 Å². The summed E-state index contributed by atoms with van der Waals surface area (Å²) in [4.78, 5) is 23.8. The second kappa shape index (κ2) is 6.86. The third-order valence-electron chi connectivity index (χ3n) is 4.94. The number of aryl methyl sites for hydroxylation is 1. The lowest BCUT2D eigenvalue weighted by Crippen LogP contribution is -2.41. The molecule has 1 atom stereocenters. The molecule has 2 aromatic heterocycles. The van der Waals surface area contributed by atoms with E-state index in [9.17, 15) is 4.79 Å². The summed E-state index contributed by atoms with van der Waals surface area (Å²) in [6.45, 7) is 4.64. The van der Waals surface area contributed by atoms with E-state index in [0.29, 0.717) is 24.1 Å². The van der Waals surface area contributed by atoms with Crippen molar-refractivity contribution in [2.24, 2.45) is 5.92 Å². The molecule has 6 nitrogen and oxygen atoms in total. The predicted molar refractivity (Wildman–Crippen MR) is 94.7 cm³/mol. The van der Waals surface area contributed by atoms with Gasteiger partial charge in [-0.3, -0.25) is 4.79 Å². The van der Waals surface area contributed by atoms with Gasteiger partial charge in [-0.1, -0.05) is 0 Å². The lowest BCUT2D eigenvalue weighted by atomic mass is 9.98. The van der Waals surface area contributed by atoms with Crippen molar-refractivity contribution in [1.82, 2.24) is 15.3 Å². The first-order valence-corrected chi connectivity index (χ1v) is 9.11. The van der Waals surface area contributed by atoms with Gasteiger partial charge in [0.15, 0.2) is 5.76 Å². The average molecular weight is 340 g/mol. The van der Waals surface area contributed by atoms with Crippen LogP contribution in [0.1, 0.15) is 53.7 Å². The number of piperidine rings is 1. The van der Waals surface area contributed by atoms with Gasteiger partial charge in [0.2, 0.25) is 0 Å². The van der Waals surface area contributed by atoms with Crippen molar-refractivity contribution < 1.29 is 9.21 Å². The third kappa shape index (κ3) is 3.83. The van der Waals surface area contributed by atoms with E-state index in [0.717, 1.165) is 43.3 Å². The average Bonchev–Trinajstić information content (AvgIpc) is 3.34. The molecule has 2 aliphatic rings. The number of amides is 1. The second-order valence-corrected chi connectivity index (χ2v) is 7.14. The number of furan rings is 1. The number of carbonyl (C=O) groups excluding carboxylic acids is 1. The van der Waals surface area contributed by atoms with Crippen molar-refractivity contribution >= 4 is 11.7 Å². The molecule has 1 aliphatic carbocycles. The Morgan fingerprint density at radius 3 is 3.00 bits per heavy atom.